The van der Waals surface area contributed by atoms with Crippen molar-refractivity contribution in [2.45, 2.75) is 77.0 Å². The number of nitrogens with one attached hydrogen (secondary N) is 1. The number of aryl methyl sites for hydroxylation is 1. The molecule has 1 aliphatic heterocycles. The van der Waals surface area contributed by atoms with E-state index in [0.29, 0.717) is 18.8 Å². The van der Waals surface area contributed by atoms with Crippen LogP contribution < -0.4 is 5.32 Å². The molecule has 0 spiro atoms. The summed E-state index contributed by atoms with van der Waals surface area (Å²) in [6.07, 6.45) is 6.72. The third-order valence-corrected chi connectivity index (χ3v) is 7.51. The molecule has 1 fully saturated rings. The number of hydrogen-bond donors (Lipinski definition) is 1. The van der Waals surface area contributed by atoms with Gasteiger partial charge in [0.25, 0.3) is 5.91 Å². The van der Waals surface area contributed by atoms with Crippen molar-refractivity contribution >= 4 is 11.8 Å². The standard InChI is InChI=1S/C29H34N4O2/c1-21-14-16-23(17-15-21)25-18-26-27(34)32(19-22-10-6-5-7-11-22)29(2,20-33(26)31-25)28(35)30-24-12-8-3-4-9-13-24/h5-7,10-11,14-18,24H,3-4,8-9,12-13,19-20H2,1-2H3,(H,30,35). The van der Waals surface area contributed by atoms with E-state index in [2.05, 4.69) is 5.32 Å². The smallest absolute Gasteiger partial charge is 0.273 e. The lowest BCUT2D eigenvalue weighted by atomic mass is 9.93. The summed E-state index contributed by atoms with van der Waals surface area (Å²) in [5.41, 5.74) is 3.37. The van der Waals surface area contributed by atoms with Gasteiger partial charge in [-0.15, -0.1) is 0 Å². The summed E-state index contributed by atoms with van der Waals surface area (Å²) < 4.78 is 1.73. The lowest BCUT2D eigenvalue weighted by Gasteiger charge is -2.44. The molecule has 2 aliphatic rings. The Bertz CT molecular complexity index is 1190. The fourth-order valence-electron chi connectivity index (χ4n) is 5.29. The zero-order valence-corrected chi connectivity index (χ0v) is 20.7. The van der Waals surface area contributed by atoms with Gasteiger partial charge in [-0.25, -0.2) is 0 Å². The molecule has 5 rings (SSSR count). The van der Waals surface area contributed by atoms with Crippen LogP contribution in [-0.4, -0.2) is 38.1 Å². The van der Waals surface area contributed by atoms with Crippen molar-refractivity contribution in [1.29, 1.82) is 0 Å². The van der Waals surface area contributed by atoms with Crippen molar-refractivity contribution in [3.8, 4) is 11.3 Å². The maximum Gasteiger partial charge on any atom is 0.273 e. The second-order valence-corrected chi connectivity index (χ2v) is 10.3. The Kier molecular flexibility index (Phi) is 6.46. The Morgan fingerprint density at radius 1 is 1.03 bits per heavy atom. The first-order valence-corrected chi connectivity index (χ1v) is 12.8. The third-order valence-electron chi connectivity index (χ3n) is 7.51. The maximum absolute atomic E-state index is 13.9. The Balaban J connectivity index is 1.49. The van der Waals surface area contributed by atoms with E-state index in [1.165, 1.54) is 18.4 Å². The Labute approximate surface area is 207 Å². The fraction of sp³-hybridized carbons (Fsp3) is 0.414. The van der Waals surface area contributed by atoms with Gasteiger partial charge in [0.2, 0.25) is 5.91 Å². The monoisotopic (exact) mass is 470 g/mol. The number of amides is 2. The number of rotatable bonds is 5. The number of fused-ring (bicyclic) bond motifs is 1. The molecular weight excluding hydrogens is 436 g/mol. The molecule has 2 amide bonds. The van der Waals surface area contributed by atoms with E-state index in [1.807, 2.05) is 74.5 Å². The summed E-state index contributed by atoms with van der Waals surface area (Å²) in [5.74, 6) is -0.254. The molecule has 1 aromatic heterocycles. The Morgan fingerprint density at radius 3 is 2.40 bits per heavy atom. The number of hydrogen-bond acceptors (Lipinski definition) is 3. The first kappa shape index (κ1) is 23.3. The zero-order chi connectivity index (χ0) is 24.4. The van der Waals surface area contributed by atoms with Crippen molar-refractivity contribution in [3.05, 3.63) is 77.5 Å². The van der Waals surface area contributed by atoms with Crippen molar-refractivity contribution in [1.82, 2.24) is 20.0 Å². The van der Waals surface area contributed by atoms with E-state index in [4.69, 9.17) is 5.10 Å². The van der Waals surface area contributed by atoms with Crippen molar-refractivity contribution in [2.75, 3.05) is 0 Å². The van der Waals surface area contributed by atoms with Crippen LogP contribution in [0.25, 0.3) is 11.3 Å². The van der Waals surface area contributed by atoms with Gasteiger partial charge >= 0.3 is 0 Å². The second kappa shape index (κ2) is 9.68. The molecule has 1 unspecified atom stereocenters. The predicted molar refractivity (Wildman–Crippen MR) is 137 cm³/mol. The molecule has 35 heavy (non-hydrogen) atoms. The summed E-state index contributed by atoms with van der Waals surface area (Å²) in [6.45, 7) is 4.63. The van der Waals surface area contributed by atoms with Gasteiger partial charge in [-0.1, -0.05) is 85.8 Å². The summed E-state index contributed by atoms with van der Waals surface area (Å²) >= 11 is 0. The van der Waals surface area contributed by atoms with E-state index in [9.17, 15) is 9.59 Å². The number of nitrogens with zero attached hydrogens (tertiary/aromatic N) is 3. The molecule has 182 valence electrons. The summed E-state index contributed by atoms with van der Waals surface area (Å²) in [4.78, 5) is 29.4. The van der Waals surface area contributed by atoms with Crippen molar-refractivity contribution < 1.29 is 9.59 Å². The molecular formula is C29H34N4O2. The van der Waals surface area contributed by atoms with E-state index in [-0.39, 0.29) is 17.9 Å². The highest BCUT2D eigenvalue weighted by Gasteiger charge is 2.48. The average Bonchev–Trinajstić information content (AvgIpc) is 3.11. The first-order chi connectivity index (χ1) is 16.9. The predicted octanol–water partition coefficient (Wildman–Crippen LogP) is 5.11. The van der Waals surface area contributed by atoms with Gasteiger partial charge in [0.1, 0.15) is 11.2 Å². The maximum atomic E-state index is 13.9. The van der Waals surface area contributed by atoms with E-state index in [0.717, 1.165) is 42.5 Å². The molecule has 6 nitrogen and oxygen atoms in total. The minimum absolute atomic E-state index is 0.0910. The van der Waals surface area contributed by atoms with Gasteiger partial charge in [0.05, 0.1) is 12.2 Å². The van der Waals surface area contributed by atoms with Crippen LogP contribution in [0.15, 0.2) is 60.7 Å². The van der Waals surface area contributed by atoms with Crippen molar-refractivity contribution in [2.24, 2.45) is 0 Å². The van der Waals surface area contributed by atoms with Gasteiger partial charge in [0.15, 0.2) is 0 Å². The van der Waals surface area contributed by atoms with Gasteiger partial charge in [0, 0.05) is 18.2 Å². The molecule has 3 aromatic rings. The molecule has 2 heterocycles. The first-order valence-electron chi connectivity index (χ1n) is 12.8. The average molecular weight is 471 g/mol. The van der Waals surface area contributed by atoms with Crippen LogP contribution in [0.5, 0.6) is 0 Å². The minimum atomic E-state index is -1.04. The highest BCUT2D eigenvalue weighted by molar-refractivity contribution is 6.00. The summed E-state index contributed by atoms with van der Waals surface area (Å²) in [7, 11) is 0. The van der Waals surface area contributed by atoms with E-state index in [1.54, 1.807) is 9.58 Å². The van der Waals surface area contributed by atoms with Gasteiger partial charge in [-0.3, -0.25) is 14.3 Å². The molecule has 0 radical (unpaired) electrons. The number of carbonyl (C=O) groups excluding carboxylic acids is 2. The minimum Gasteiger partial charge on any atom is -0.351 e. The lowest BCUT2D eigenvalue weighted by molar-refractivity contribution is -0.134. The van der Waals surface area contributed by atoms with Gasteiger partial charge in [-0.05, 0) is 38.3 Å². The Morgan fingerprint density at radius 2 is 1.71 bits per heavy atom. The third kappa shape index (κ3) is 4.75. The van der Waals surface area contributed by atoms with Crippen molar-refractivity contribution in [3.63, 3.8) is 0 Å². The summed E-state index contributed by atoms with van der Waals surface area (Å²) in [6, 6.07) is 20.0. The zero-order valence-electron chi connectivity index (χ0n) is 20.7. The molecule has 1 aliphatic carbocycles. The quantitative estimate of drug-likeness (QED) is 0.527. The SMILES string of the molecule is Cc1ccc(-c2cc3n(n2)CC(C)(C(=O)NC2CCCCCC2)N(Cc2ccccc2)C3=O)cc1. The van der Waals surface area contributed by atoms with Crippen LogP contribution in [0.1, 0.15) is 67.1 Å². The van der Waals surface area contributed by atoms with Crippen LogP contribution in [0.3, 0.4) is 0 Å². The highest BCUT2D eigenvalue weighted by atomic mass is 16.2. The van der Waals surface area contributed by atoms with E-state index < -0.39 is 5.54 Å². The molecule has 1 atom stereocenters. The van der Waals surface area contributed by atoms with Crippen LogP contribution in [-0.2, 0) is 17.9 Å². The number of aromatic nitrogens is 2. The second-order valence-electron chi connectivity index (χ2n) is 10.3. The highest BCUT2D eigenvalue weighted by Crippen LogP contribution is 2.32. The summed E-state index contributed by atoms with van der Waals surface area (Å²) in [5, 5.41) is 8.08. The molecule has 0 bridgehead atoms. The fourth-order valence-corrected chi connectivity index (χ4v) is 5.29. The molecule has 1 N–H and O–H groups in total. The van der Waals surface area contributed by atoms with Gasteiger partial charge in [-0.2, -0.15) is 5.10 Å². The van der Waals surface area contributed by atoms with Gasteiger partial charge < -0.3 is 10.2 Å². The lowest BCUT2D eigenvalue weighted by Crippen LogP contribution is -2.64. The van der Waals surface area contributed by atoms with Crippen LogP contribution in [0, 0.1) is 6.92 Å². The number of carbonyl (C=O) groups is 2. The van der Waals surface area contributed by atoms with E-state index >= 15 is 0 Å². The normalized spacial score (nSPS) is 20.9. The van der Waals surface area contributed by atoms with Crippen LogP contribution in [0.2, 0.25) is 0 Å². The van der Waals surface area contributed by atoms with Crippen LogP contribution >= 0.6 is 0 Å². The molecule has 2 aromatic carbocycles. The molecule has 6 heteroatoms. The molecule has 0 saturated heterocycles. The van der Waals surface area contributed by atoms with Crippen LogP contribution in [0.4, 0.5) is 0 Å². The Hall–Kier alpha value is -3.41. The number of benzene rings is 2. The topological polar surface area (TPSA) is 67.2 Å². The molecule has 1 saturated carbocycles. The largest absolute Gasteiger partial charge is 0.351 e.